The molecule has 1 fully saturated rings. The summed E-state index contributed by atoms with van der Waals surface area (Å²) < 4.78 is 6.65. The molecule has 6 heteroatoms. The van der Waals surface area contributed by atoms with Crippen LogP contribution in [0.5, 0.6) is 5.75 Å². The zero-order chi connectivity index (χ0) is 18.4. The van der Waals surface area contributed by atoms with Crippen LogP contribution in [0.3, 0.4) is 0 Å². The predicted octanol–water partition coefficient (Wildman–Crippen LogP) is 2.27. The Morgan fingerprint density at radius 3 is 2.65 bits per heavy atom. The molecule has 0 unspecified atom stereocenters. The highest BCUT2D eigenvalue weighted by Gasteiger charge is 2.18. The van der Waals surface area contributed by atoms with Crippen molar-refractivity contribution in [3.8, 4) is 5.75 Å². The highest BCUT2D eigenvalue weighted by molar-refractivity contribution is 5.78. The van der Waals surface area contributed by atoms with Crippen LogP contribution in [-0.4, -0.2) is 29.1 Å². The summed E-state index contributed by atoms with van der Waals surface area (Å²) in [7, 11) is 1.61. The smallest absolute Gasteiger partial charge is 0.253 e. The standard InChI is InChI=1S/C20H25N3O3/c1-26-17-8-6-15(7-9-17)12-19(24)21-10-11-23-14-22-18(13-20(23)25)16-4-2-3-5-16/h6-9,13-14,16H,2-5,10-12H2,1H3,(H,21,24). The molecule has 6 nitrogen and oxygen atoms in total. The van der Waals surface area contributed by atoms with Gasteiger partial charge in [0.25, 0.3) is 5.56 Å². The van der Waals surface area contributed by atoms with Gasteiger partial charge in [0.15, 0.2) is 0 Å². The summed E-state index contributed by atoms with van der Waals surface area (Å²) in [5.41, 5.74) is 1.78. The molecule has 0 radical (unpaired) electrons. The highest BCUT2D eigenvalue weighted by Crippen LogP contribution is 2.32. The van der Waals surface area contributed by atoms with Crippen LogP contribution in [0.25, 0.3) is 0 Å². The lowest BCUT2D eigenvalue weighted by atomic mass is 10.0. The van der Waals surface area contributed by atoms with Gasteiger partial charge in [-0.1, -0.05) is 25.0 Å². The second-order valence-electron chi connectivity index (χ2n) is 6.70. The lowest BCUT2D eigenvalue weighted by Crippen LogP contribution is -2.32. The van der Waals surface area contributed by atoms with Crippen molar-refractivity contribution in [1.29, 1.82) is 0 Å². The van der Waals surface area contributed by atoms with Crippen molar-refractivity contribution in [1.82, 2.24) is 14.9 Å². The van der Waals surface area contributed by atoms with E-state index in [1.165, 1.54) is 12.8 Å². The molecule has 1 N–H and O–H groups in total. The fourth-order valence-corrected chi connectivity index (χ4v) is 3.36. The van der Waals surface area contributed by atoms with Gasteiger partial charge in [0, 0.05) is 25.1 Å². The van der Waals surface area contributed by atoms with Crippen LogP contribution in [0.15, 0.2) is 41.5 Å². The minimum atomic E-state index is -0.0706. The van der Waals surface area contributed by atoms with E-state index < -0.39 is 0 Å². The highest BCUT2D eigenvalue weighted by atomic mass is 16.5. The Labute approximate surface area is 153 Å². The Bertz CT molecular complexity index is 793. The first-order valence-electron chi connectivity index (χ1n) is 9.12. The van der Waals surface area contributed by atoms with Gasteiger partial charge in [-0.3, -0.25) is 14.2 Å². The molecule has 138 valence electrons. The molecule has 0 spiro atoms. The third-order valence-electron chi connectivity index (χ3n) is 4.87. The van der Waals surface area contributed by atoms with E-state index >= 15 is 0 Å². The molecule has 1 aromatic carbocycles. The topological polar surface area (TPSA) is 73.2 Å². The van der Waals surface area contributed by atoms with Gasteiger partial charge < -0.3 is 10.1 Å². The lowest BCUT2D eigenvalue weighted by molar-refractivity contribution is -0.120. The summed E-state index contributed by atoms with van der Waals surface area (Å²) in [6.07, 6.45) is 6.59. The second kappa shape index (κ2) is 8.65. The Morgan fingerprint density at radius 2 is 2.00 bits per heavy atom. The molecule has 26 heavy (non-hydrogen) atoms. The number of carbonyl (C=O) groups is 1. The van der Waals surface area contributed by atoms with Gasteiger partial charge in [0.05, 0.1) is 25.6 Å². The number of nitrogens with zero attached hydrogens (tertiary/aromatic N) is 2. The Balaban J connectivity index is 1.47. The van der Waals surface area contributed by atoms with Gasteiger partial charge in [0.1, 0.15) is 5.75 Å². The summed E-state index contributed by atoms with van der Waals surface area (Å²) in [5, 5.41) is 2.85. The van der Waals surface area contributed by atoms with Crippen molar-refractivity contribution in [2.75, 3.05) is 13.7 Å². The van der Waals surface area contributed by atoms with Crippen LogP contribution < -0.4 is 15.6 Å². The van der Waals surface area contributed by atoms with E-state index in [2.05, 4.69) is 10.3 Å². The van der Waals surface area contributed by atoms with Crippen molar-refractivity contribution in [2.45, 2.75) is 44.6 Å². The number of amides is 1. The third kappa shape index (κ3) is 4.71. The molecule has 1 aliphatic rings. The van der Waals surface area contributed by atoms with E-state index in [0.717, 1.165) is 29.8 Å². The minimum absolute atomic E-state index is 0.0497. The minimum Gasteiger partial charge on any atom is -0.497 e. The molecule has 1 saturated carbocycles. The number of benzene rings is 1. The van der Waals surface area contributed by atoms with Crippen LogP contribution in [0.2, 0.25) is 0 Å². The number of aromatic nitrogens is 2. The van der Waals surface area contributed by atoms with E-state index in [0.29, 0.717) is 25.4 Å². The van der Waals surface area contributed by atoms with Crippen molar-refractivity contribution >= 4 is 5.91 Å². The van der Waals surface area contributed by atoms with Crippen molar-refractivity contribution in [2.24, 2.45) is 0 Å². The third-order valence-corrected chi connectivity index (χ3v) is 4.87. The largest absolute Gasteiger partial charge is 0.497 e. The number of carbonyl (C=O) groups excluding carboxylic acids is 1. The van der Waals surface area contributed by atoms with Gasteiger partial charge in [-0.15, -0.1) is 0 Å². The van der Waals surface area contributed by atoms with E-state index in [9.17, 15) is 9.59 Å². The van der Waals surface area contributed by atoms with Gasteiger partial charge >= 0.3 is 0 Å². The number of hydrogen-bond donors (Lipinski definition) is 1. The molecular formula is C20H25N3O3. The quantitative estimate of drug-likeness (QED) is 0.827. The summed E-state index contributed by atoms with van der Waals surface area (Å²) in [6, 6.07) is 9.05. The molecule has 3 rings (SSSR count). The number of ether oxygens (including phenoxy) is 1. The maximum atomic E-state index is 12.2. The van der Waals surface area contributed by atoms with Crippen LogP contribution >= 0.6 is 0 Å². The van der Waals surface area contributed by atoms with Gasteiger partial charge in [-0.25, -0.2) is 4.98 Å². The Kier molecular flexibility index (Phi) is 6.04. The number of nitrogens with one attached hydrogen (secondary N) is 1. The predicted molar refractivity (Wildman–Crippen MR) is 99.4 cm³/mol. The van der Waals surface area contributed by atoms with E-state index in [1.807, 2.05) is 24.3 Å². The Morgan fingerprint density at radius 1 is 1.27 bits per heavy atom. The van der Waals surface area contributed by atoms with Gasteiger partial charge in [0.2, 0.25) is 5.91 Å². The molecule has 1 heterocycles. The monoisotopic (exact) mass is 355 g/mol. The Hall–Kier alpha value is -2.63. The van der Waals surface area contributed by atoms with E-state index in [-0.39, 0.29) is 11.5 Å². The molecule has 0 bridgehead atoms. The summed E-state index contributed by atoms with van der Waals surface area (Å²) >= 11 is 0. The van der Waals surface area contributed by atoms with Crippen molar-refractivity contribution in [3.05, 3.63) is 58.3 Å². The summed E-state index contributed by atoms with van der Waals surface area (Å²) in [5.74, 6) is 1.13. The summed E-state index contributed by atoms with van der Waals surface area (Å²) in [4.78, 5) is 28.7. The molecule has 1 aromatic heterocycles. The average Bonchev–Trinajstić information content (AvgIpc) is 3.18. The molecule has 2 aromatic rings. The molecule has 0 aliphatic heterocycles. The summed E-state index contributed by atoms with van der Waals surface area (Å²) in [6.45, 7) is 0.824. The number of rotatable bonds is 7. The second-order valence-corrected chi connectivity index (χ2v) is 6.70. The molecule has 0 atom stereocenters. The molecule has 1 aliphatic carbocycles. The normalized spacial score (nSPS) is 14.3. The zero-order valence-electron chi connectivity index (χ0n) is 15.1. The molecular weight excluding hydrogens is 330 g/mol. The SMILES string of the molecule is COc1ccc(CC(=O)NCCn2cnc(C3CCCC3)cc2=O)cc1. The fraction of sp³-hybridized carbons (Fsp3) is 0.450. The van der Waals surface area contributed by atoms with Gasteiger partial charge in [-0.2, -0.15) is 0 Å². The van der Waals surface area contributed by atoms with Crippen LogP contribution in [0, 0.1) is 0 Å². The van der Waals surface area contributed by atoms with E-state index in [4.69, 9.17) is 4.74 Å². The van der Waals surface area contributed by atoms with E-state index in [1.54, 1.807) is 24.1 Å². The van der Waals surface area contributed by atoms with Gasteiger partial charge in [-0.05, 0) is 30.5 Å². The van der Waals surface area contributed by atoms with Crippen LogP contribution in [0.1, 0.15) is 42.9 Å². The van der Waals surface area contributed by atoms with Crippen molar-refractivity contribution in [3.63, 3.8) is 0 Å². The number of methoxy groups -OCH3 is 1. The maximum Gasteiger partial charge on any atom is 0.253 e. The zero-order valence-corrected chi connectivity index (χ0v) is 15.1. The first-order chi connectivity index (χ1) is 12.7. The molecule has 0 saturated heterocycles. The number of hydrogen-bond acceptors (Lipinski definition) is 4. The maximum absolute atomic E-state index is 12.2. The first-order valence-corrected chi connectivity index (χ1v) is 9.12. The van der Waals surface area contributed by atoms with Crippen molar-refractivity contribution < 1.29 is 9.53 Å². The molecule has 1 amide bonds. The fourth-order valence-electron chi connectivity index (χ4n) is 3.36. The first kappa shape index (κ1) is 18.2. The van der Waals surface area contributed by atoms with Crippen LogP contribution in [-0.2, 0) is 17.8 Å². The average molecular weight is 355 g/mol. The van der Waals surface area contributed by atoms with Crippen LogP contribution in [0.4, 0.5) is 0 Å². The lowest BCUT2D eigenvalue weighted by Gasteiger charge is -2.11.